The van der Waals surface area contributed by atoms with Gasteiger partial charge >= 0.3 is 5.97 Å². The van der Waals surface area contributed by atoms with Crippen LogP contribution in [0.5, 0.6) is 0 Å². The molecule has 1 aliphatic carbocycles. The second-order valence-corrected chi connectivity index (χ2v) is 6.80. The number of hydrogen-bond acceptors (Lipinski definition) is 5. The molecule has 0 bridgehead atoms. The van der Waals surface area contributed by atoms with Gasteiger partial charge in [0.15, 0.2) is 6.29 Å². The third-order valence-electron chi connectivity index (χ3n) is 5.76. The Kier molecular flexibility index (Phi) is 4.01. The van der Waals surface area contributed by atoms with E-state index in [1.807, 2.05) is 0 Å². The predicted molar refractivity (Wildman–Crippen MR) is 75.3 cm³/mol. The molecule has 7 atom stereocenters. The van der Waals surface area contributed by atoms with Gasteiger partial charge < -0.3 is 18.9 Å². The molecule has 1 spiro atoms. The van der Waals surface area contributed by atoms with Crippen LogP contribution < -0.4 is 0 Å². The zero-order chi connectivity index (χ0) is 15.2. The van der Waals surface area contributed by atoms with E-state index in [4.69, 9.17) is 18.9 Å². The second kappa shape index (κ2) is 5.52. The molecular formula is C16H26O5. The summed E-state index contributed by atoms with van der Waals surface area (Å²) in [6.07, 6.45) is 2.27. The lowest BCUT2D eigenvalue weighted by molar-refractivity contribution is -0.364. The van der Waals surface area contributed by atoms with Crippen LogP contribution in [-0.2, 0) is 23.7 Å². The Bertz CT molecular complexity index is 411. The highest BCUT2D eigenvalue weighted by molar-refractivity contribution is 5.66. The minimum atomic E-state index is -0.656. The van der Waals surface area contributed by atoms with Crippen LogP contribution in [0.15, 0.2) is 0 Å². The van der Waals surface area contributed by atoms with Gasteiger partial charge in [-0.15, -0.1) is 0 Å². The van der Waals surface area contributed by atoms with Crippen LogP contribution >= 0.6 is 0 Å². The molecule has 3 rings (SSSR count). The van der Waals surface area contributed by atoms with Crippen molar-refractivity contribution in [2.45, 2.75) is 58.2 Å². The van der Waals surface area contributed by atoms with Gasteiger partial charge in [-0.1, -0.05) is 13.8 Å². The Morgan fingerprint density at radius 3 is 2.62 bits per heavy atom. The molecule has 0 aromatic carbocycles. The molecule has 0 N–H and O–H groups in total. The number of esters is 1. The normalized spacial score (nSPS) is 49.3. The van der Waals surface area contributed by atoms with Gasteiger partial charge in [0.1, 0.15) is 5.60 Å². The molecule has 3 fully saturated rings. The van der Waals surface area contributed by atoms with Crippen LogP contribution in [0.1, 0.15) is 40.0 Å². The largest absolute Gasteiger partial charge is 0.433 e. The fourth-order valence-corrected chi connectivity index (χ4v) is 4.85. The van der Waals surface area contributed by atoms with Gasteiger partial charge in [0.25, 0.3) is 0 Å². The van der Waals surface area contributed by atoms with Crippen molar-refractivity contribution >= 4 is 5.97 Å². The molecule has 0 amide bonds. The lowest BCUT2D eigenvalue weighted by Gasteiger charge is -2.56. The molecule has 0 radical (unpaired) electrons. The average molecular weight is 298 g/mol. The summed E-state index contributed by atoms with van der Waals surface area (Å²) in [5.41, 5.74) is -0.488. The lowest BCUT2D eigenvalue weighted by Crippen LogP contribution is -2.66. The molecular weight excluding hydrogens is 272 g/mol. The van der Waals surface area contributed by atoms with E-state index >= 15 is 0 Å². The first kappa shape index (κ1) is 15.3. The smallest absolute Gasteiger partial charge is 0.305 e. The fourth-order valence-electron chi connectivity index (χ4n) is 4.85. The molecule has 5 nitrogen and oxygen atoms in total. The highest BCUT2D eigenvalue weighted by Gasteiger charge is 2.65. The molecule has 2 heterocycles. The predicted octanol–water partition coefficient (Wildman–Crippen LogP) is 2.34. The Hall–Kier alpha value is -0.650. The summed E-state index contributed by atoms with van der Waals surface area (Å²) in [6, 6.07) is 0. The van der Waals surface area contributed by atoms with Crippen molar-refractivity contribution in [1.82, 2.24) is 0 Å². The molecule has 0 unspecified atom stereocenters. The van der Waals surface area contributed by atoms with Crippen molar-refractivity contribution in [3.8, 4) is 0 Å². The molecule has 21 heavy (non-hydrogen) atoms. The highest BCUT2D eigenvalue weighted by atomic mass is 16.8. The van der Waals surface area contributed by atoms with E-state index in [0.717, 1.165) is 19.4 Å². The van der Waals surface area contributed by atoms with Crippen LogP contribution in [0, 0.1) is 23.7 Å². The standard InChI is InChI=1S/C16H26O5/c1-9-5-6-13-10(2)14(18-4)21-15(20-11(3)17)16(13)12(9)7-8-19-16/h9-10,12-15H,5-8H2,1-4H3/t9-,10-,12+,13+,14+,15+,16-/m1/s1. The molecule has 0 aromatic rings. The van der Waals surface area contributed by atoms with Gasteiger partial charge in [-0.25, -0.2) is 0 Å². The van der Waals surface area contributed by atoms with E-state index in [1.54, 1.807) is 7.11 Å². The van der Waals surface area contributed by atoms with Crippen molar-refractivity contribution in [3.63, 3.8) is 0 Å². The Balaban J connectivity index is 1.99. The third kappa shape index (κ3) is 2.21. The maximum atomic E-state index is 11.5. The number of rotatable bonds is 2. The van der Waals surface area contributed by atoms with Crippen molar-refractivity contribution in [1.29, 1.82) is 0 Å². The van der Waals surface area contributed by atoms with E-state index in [-0.39, 0.29) is 18.2 Å². The maximum absolute atomic E-state index is 11.5. The first-order chi connectivity index (χ1) is 10.0. The van der Waals surface area contributed by atoms with Crippen molar-refractivity contribution in [3.05, 3.63) is 0 Å². The molecule has 120 valence electrons. The fraction of sp³-hybridized carbons (Fsp3) is 0.938. The molecule has 5 heteroatoms. The van der Waals surface area contributed by atoms with E-state index in [9.17, 15) is 4.79 Å². The van der Waals surface area contributed by atoms with Crippen LogP contribution in [-0.4, -0.2) is 37.9 Å². The Labute approximate surface area is 126 Å². The van der Waals surface area contributed by atoms with Gasteiger partial charge in [-0.05, 0) is 31.1 Å². The Morgan fingerprint density at radius 2 is 1.95 bits per heavy atom. The van der Waals surface area contributed by atoms with Crippen LogP contribution in [0.4, 0.5) is 0 Å². The summed E-state index contributed by atoms with van der Waals surface area (Å²) in [4.78, 5) is 11.5. The zero-order valence-electron chi connectivity index (χ0n) is 13.3. The van der Waals surface area contributed by atoms with Gasteiger partial charge in [-0.3, -0.25) is 4.79 Å². The van der Waals surface area contributed by atoms with E-state index in [1.165, 1.54) is 13.3 Å². The summed E-state index contributed by atoms with van der Waals surface area (Å²) >= 11 is 0. The monoisotopic (exact) mass is 298 g/mol. The number of carbonyl (C=O) groups is 1. The summed E-state index contributed by atoms with van der Waals surface area (Å²) in [5.74, 6) is 1.17. The first-order valence-electron chi connectivity index (χ1n) is 8.00. The summed E-state index contributed by atoms with van der Waals surface area (Å²) in [6.45, 7) is 6.57. The second-order valence-electron chi connectivity index (χ2n) is 6.80. The minimum absolute atomic E-state index is 0.231. The van der Waals surface area contributed by atoms with E-state index in [0.29, 0.717) is 17.8 Å². The van der Waals surface area contributed by atoms with Crippen molar-refractivity contribution < 1.29 is 23.7 Å². The summed E-state index contributed by atoms with van der Waals surface area (Å²) in [7, 11) is 1.64. The highest BCUT2D eigenvalue weighted by Crippen LogP contribution is 2.57. The van der Waals surface area contributed by atoms with Crippen molar-refractivity contribution in [2.75, 3.05) is 13.7 Å². The quantitative estimate of drug-likeness (QED) is 0.732. The molecule has 0 aromatic heterocycles. The Morgan fingerprint density at radius 1 is 1.19 bits per heavy atom. The van der Waals surface area contributed by atoms with Gasteiger partial charge in [0.2, 0.25) is 6.29 Å². The van der Waals surface area contributed by atoms with E-state index in [2.05, 4.69) is 13.8 Å². The van der Waals surface area contributed by atoms with E-state index < -0.39 is 11.9 Å². The van der Waals surface area contributed by atoms with Gasteiger partial charge in [0.05, 0.1) is 0 Å². The average Bonchev–Trinajstić information content (AvgIpc) is 2.88. The first-order valence-corrected chi connectivity index (χ1v) is 8.00. The topological polar surface area (TPSA) is 54.0 Å². The van der Waals surface area contributed by atoms with Crippen LogP contribution in [0.25, 0.3) is 0 Å². The van der Waals surface area contributed by atoms with Gasteiger partial charge in [0, 0.05) is 32.5 Å². The molecule has 2 saturated heterocycles. The maximum Gasteiger partial charge on any atom is 0.305 e. The molecule has 1 saturated carbocycles. The number of methoxy groups -OCH3 is 1. The van der Waals surface area contributed by atoms with Gasteiger partial charge in [-0.2, -0.15) is 0 Å². The zero-order valence-corrected chi connectivity index (χ0v) is 13.3. The SMILES string of the molecule is CO[C@H]1O[C@H](OC(C)=O)[C@@]23OCC[C@H]2[C@H](C)CC[C@H]3[C@H]1C. The summed E-state index contributed by atoms with van der Waals surface area (Å²) < 4.78 is 23.2. The lowest BCUT2D eigenvalue weighted by atomic mass is 9.59. The molecule has 3 aliphatic rings. The summed E-state index contributed by atoms with van der Waals surface area (Å²) in [5, 5.41) is 0. The van der Waals surface area contributed by atoms with Crippen LogP contribution in [0.3, 0.4) is 0 Å². The minimum Gasteiger partial charge on any atom is -0.433 e. The number of carbonyl (C=O) groups excluding carboxylic acids is 1. The third-order valence-corrected chi connectivity index (χ3v) is 5.76. The number of ether oxygens (including phenoxy) is 4. The number of hydrogen-bond donors (Lipinski definition) is 0. The van der Waals surface area contributed by atoms with Crippen molar-refractivity contribution in [2.24, 2.45) is 23.7 Å². The van der Waals surface area contributed by atoms with Crippen LogP contribution in [0.2, 0.25) is 0 Å². The molecule has 2 aliphatic heterocycles.